The van der Waals surface area contributed by atoms with Gasteiger partial charge in [0.25, 0.3) is 0 Å². The number of hydrogen-bond donors (Lipinski definition) is 3. The highest BCUT2D eigenvalue weighted by Gasteiger charge is 2.29. The van der Waals surface area contributed by atoms with Crippen LogP contribution in [0.3, 0.4) is 0 Å². The van der Waals surface area contributed by atoms with Gasteiger partial charge in [-0.05, 0) is 43.8 Å². The van der Waals surface area contributed by atoms with Crippen LogP contribution in [0, 0.1) is 11.8 Å². The molecule has 2 aliphatic rings. The molecule has 17 heavy (non-hydrogen) atoms. The summed E-state index contributed by atoms with van der Waals surface area (Å²) in [5, 5.41) is 3.83. The van der Waals surface area contributed by atoms with Crippen molar-refractivity contribution >= 4 is 23.2 Å². The van der Waals surface area contributed by atoms with Gasteiger partial charge in [-0.3, -0.25) is 15.6 Å². The minimum Gasteiger partial charge on any atom is -0.358 e. The van der Waals surface area contributed by atoms with E-state index in [9.17, 15) is 4.79 Å². The molecule has 96 valence electrons. The molecule has 0 aliphatic heterocycles. The second kappa shape index (κ2) is 5.67. The van der Waals surface area contributed by atoms with Gasteiger partial charge in [0.15, 0.2) is 5.11 Å². The van der Waals surface area contributed by atoms with Crippen LogP contribution in [0.1, 0.15) is 45.4 Å². The maximum atomic E-state index is 11.4. The van der Waals surface area contributed by atoms with Gasteiger partial charge in [0.1, 0.15) is 0 Å². The SMILES string of the molecule is CC1CCCCC1NC(=S)NNC(=O)C1CC1. The summed E-state index contributed by atoms with van der Waals surface area (Å²) in [6.07, 6.45) is 7.02. The van der Waals surface area contributed by atoms with Crippen LogP contribution in [0.5, 0.6) is 0 Å². The number of nitrogens with one attached hydrogen (secondary N) is 3. The van der Waals surface area contributed by atoms with Gasteiger partial charge in [-0.25, -0.2) is 0 Å². The zero-order valence-corrected chi connectivity index (χ0v) is 11.1. The molecule has 0 radical (unpaired) electrons. The fraction of sp³-hybridized carbons (Fsp3) is 0.833. The largest absolute Gasteiger partial charge is 0.358 e. The van der Waals surface area contributed by atoms with Gasteiger partial charge in [0.05, 0.1) is 0 Å². The van der Waals surface area contributed by atoms with E-state index in [0.717, 1.165) is 12.8 Å². The Labute approximate surface area is 108 Å². The maximum absolute atomic E-state index is 11.4. The fourth-order valence-corrected chi connectivity index (χ4v) is 2.50. The summed E-state index contributed by atoms with van der Waals surface area (Å²) in [6.45, 7) is 2.25. The zero-order chi connectivity index (χ0) is 12.3. The third kappa shape index (κ3) is 3.84. The van der Waals surface area contributed by atoms with Gasteiger partial charge >= 0.3 is 0 Å². The van der Waals surface area contributed by atoms with Crippen LogP contribution in [0.25, 0.3) is 0 Å². The van der Waals surface area contributed by atoms with E-state index in [0.29, 0.717) is 17.1 Å². The smallest absolute Gasteiger partial charge is 0.241 e. The zero-order valence-electron chi connectivity index (χ0n) is 10.3. The Bertz CT molecular complexity index is 304. The van der Waals surface area contributed by atoms with Gasteiger partial charge in [-0.2, -0.15) is 0 Å². The first-order valence-corrected chi connectivity index (χ1v) is 6.94. The minimum absolute atomic E-state index is 0.0610. The molecule has 0 heterocycles. The van der Waals surface area contributed by atoms with Crippen LogP contribution in [0.2, 0.25) is 0 Å². The predicted molar refractivity (Wildman–Crippen MR) is 71.2 cm³/mol. The molecule has 0 saturated heterocycles. The van der Waals surface area contributed by atoms with Crippen molar-refractivity contribution in [2.75, 3.05) is 0 Å². The lowest BCUT2D eigenvalue weighted by Crippen LogP contribution is -2.51. The summed E-state index contributed by atoms with van der Waals surface area (Å²) in [4.78, 5) is 11.4. The number of thiocarbonyl (C=S) groups is 1. The van der Waals surface area contributed by atoms with Crippen LogP contribution >= 0.6 is 12.2 Å². The number of rotatable bonds is 2. The lowest BCUT2D eigenvalue weighted by atomic mass is 9.86. The third-order valence-corrected chi connectivity index (χ3v) is 3.90. The Morgan fingerprint density at radius 1 is 1.12 bits per heavy atom. The second-order valence-electron chi connectivity index (χ2n) is 5.23. The molecule has 2 fully saturated rings. The molecule has 5 heteroatoms. The van der Waals surface area contributed by atoms with Crippen molar-refractivity contribution in [3.63, 3.8) is 0 Å². The third-order valence-electron chi connectivity index (χ3n) is 3.68. The molecule has 0 spiro atoms. The van der Waals surface area contributed by atoms with E-state index < -0.39 is 0 Å². The topological polar surface area (TPSA) is 53.2 Å². The molecule has 0 bridgehead atoms. The summed E-state index contributed by atoms with van der Waals surface area (Å²) in [5.41, 5.74) is 5.45. The fourth-order valence-electron chi connectivity index (χ4n) is 2.30. The summed E-state index contributed by atoms with van der Waals surface area (Å²) < 4.78 is 0. The monoisotopic (exact) mass is 255 g/mol. The lowest BCUT2D eigenvalue weighted by Gasteiger charge is -2.30. The van der Waals surface area contributed by atoms with E-state index in [1.54, 1.807) is 0 Å². The van der Waals surface area contributed by atoms with Crippen LogP contribution in [-0.2, 0) is 4.79 Å². The van der Waals surface area contributed by atoms with Gasteiger partial charge in [0.2, 0.25) is 5.91 Å². The van der Waals surface area contributed by atoms with Crippen molar-refractivity contribution in [2.45, 2.75) is 51.5 Å². The minimum atomic E-state index is 0.0610. The number of carbonyl (C=O) groups excluding carboxylic acids is 1. The summed E-state index contributed by atoms with van der Waals surface area (Å²) in [7, 11) is 0. The highest BCUT2D eigenvalue weighted by Crippen LogP contribution is 2.28. The molecule has 1 amide bonds. The van der Waals surface area contributed by atoms with Crippen LogP contribution < -0.4 is 16.2 Å². The highest BCUT2D eigenvalue weighted by atomic mass is 32.1. The molecule has 0 aromatic rings. The summed E-state index contributed by atoms with van der Waals surface area (Å²) >= 11 is 5.18. The average molecular weight is 255 g/mol. The quantitative estimate of drug-likeness (QED) is 0.517. The molecule has 2 aliphatic carbocycles. The van der Waals surface area contributed by atoms with E-state index in [2.05, 4.69) is 23.1 Å². The molecule has 0 aromatic carbocycles. The second-order valence-corrected chi connectivity index (χ2v) is 5.64. The molecule has 4 nitrogen and oxygen atoms in total. The Morgan fingerprint density at radius 2 is 1.82 bits per heavy atom. The van der Waals surface area contributed by atoms with Crippen LogP contribution in [0.4, 0.5) is 0 Å². The van der Waals surface area contributed by atoms with E-state index in [4.69, 9.17) is 12.2 Å². The molecular formula is C12H21N3OS. The van der Waals surface area contributed by atoms with Crippen LogP contribution in [-0.4, -0.2) is 17.1 Å². The molecule has 2 rings (SSSR count). The maximum Gasteiger partial charge on any atom is 0.241 e. The van der Waals surface area contributed by atoms with Crippen molar-refractivity contribution in [2.24, 2.45) is 11.8 Å². The first-order chi connectivity index (χ1) is 8.16. The normalized spacial score (nSPS) is 28.3. The van der Waals surface area contributed by atoms with Gasteiger partial charge in [-0.1, -0.05) is 19.8 Å². The first kappa shape index (κ1) is 12.6. The number of hydrazine groups is 1. The van der Waals surface area contributed by atoms with Crippen molar-refractivity contribution in [3.8, 4) is 0 Å². The molecule has 0 aromatic heterocycles. The Hall–Kier alpha value is -0.840. The summed E-state index contributed by atoms with van der Waals surface area (Å²) in [6, 6.07) is 0.446. The van der Waals surface area contributed by atoms with Crippen LogP contribution in [0.15, 0.2) is 0 Å². The van der Waals surface area contributed by atoms with Gasteiger partial charge < -0.3 is 5.32 Å². The van der Waals surface area contributed by atoms with Crippen molar-refractivity contribution in [3.05, 3.63) is 0 Å². The summed E-state index contributed by atoms with van der Waals surface area (Å²) in [5.74, 6) is 0.924. The molecule has 2 unspecified atom stereocenters. The van der Waals surface area contributed by atoms with E-state index in [1.165, 1.54) is 25.7 Å². The number of carbonyl (C=O) groups is 1. The standard InChI is InChI=1S/C12H21N3OS/c1-8-4-2-3-5-10(8)13-12(17)15-14-11(16)9-6-7-9/h8-10H,2-7H2,1H3,(H,14,16)(H2,13,15,17). The van der Waals surface area contributed by atoms with E-state index in [1.807, 2.05) is 0 Å². The average Bonchev–Trinajstić information content (AvgIpc) is 3.13. The number of hydrogen-bond acceptors (Lipinski definition) is 2. The molecular weight excluding hydrogens is 234 g/mol. The van der Waals surface area contributed by atoms with Gasteiger partial charge in [0, 0.05) is 12.0 Å². The van der Waals surface area contributed by atoms with Crippen molar-refractivity contribution in [1.82, 2.24) is 16.2 Å². The molecule has 2 atom stereocenters. The van der Waals surface area contributed by atoms with E-state index in [-0.39, 0.29) is 11.8 Å². The van der Waals surface area contributed by atoms with Gasteiger partial charge in [-0.15, -0.1) is 0 Å². The molecule has 2 saturated carbocycles. The number of amides is 1. The lowest BCUT2D eigenvalue weighted by molar-refractivity contribution is -0.122. The van der Waals surface area contributed by atoms with Crippen molar-refractivity contribution < 1.29 is 4.79 Å². The highest BCUT2D eigenvalue weighted by molar-refractivity contribution is 7.80. The Kier molecular flexibility index (Phi) is 4.20. The molecule has 3 N–H and O–H groups in total. The van der Waals surface area contributed by atoms with Crippen molar-refractivity contribution in [1.29, 1.82) is 0 Å². The Morgan fingerprint density at radius 3 is 2.47 bits per heavy atom. The Balaban J connectivity index is 1.67. The predicted octanol–water partition coefficient (Wildman–Crippen LogP) is 1.47. The van der Waals surface area contributed by atoms with E-state index >= 15 is 0 Å². The first-order valence-electron chi connectivity index (χ1n) is 6.53.